The van der Waals surface area contributed by atoms with Crippen LogP contribution in [-0.4, -0.2) is 24.9 Å². The Hall–Kier alpha value is -2.69. The van der Waals surface area contributed by atoms with Crippen molar-refractivity contribution in [3.05, 3.63) is 51.9 Å². The molecule has 94 valence electrons. The van der Waals surface area contributed by atoms with Crippen molar-refractivity contribution in [3.8, 4) is 0 Å². The van der Waals surface area contributed by atoms with Crippen molar-refractivity contribution in [3.63, 3.8) is 0 Å². The summed E-state index contributed by atoms with van der Waals surface area (Å²) in [6, 6.07) is 8.07. The lowest BCUT2D eigenvalue weighted by atomic mass is 9.93. The number of nitroso groups, excluding NO2 is 1. The fraction of sp³-hybridized carbons (Fsp3) is 0.0714. The number of hydrogen-bond acceptors (Lipinski definition) is 5. The molecule has 2 aromatic carbocycles. The maximum atomic E-state index is 11.9. The minimum atomic E-state index is -0.536. The molecule has 0 bridgehead atoms. The SMILES string of the molecule is O=Cc1cc(C=O)c2ccccc2c1C(=O)CN=O. The van der Waals surface area contributed by atoms with Crippen LogP contribution >= 0.6 is 0 Å². The number of carbonyl (C=O) groups is 3. The summed E-state index contributed by atoms with van der Waals surface area (Å²) < 4.78 is 0. The molecule has 19 heavy (non-hydrogen) atoms. The van der Waals surface area contributed by atoms with E-state index >= 15 is 0 Å². The predicted octanol–water partition coefficient (Wildman–Crippen LogP) is 2.41. The smallest absolute Gasteiger partial charge is 0.189 e. The second-order valence-electron chi connectivity index (χ2n) is 3.92. The summed E-state index contributed by atoms with van der Waals surface area (Å²) in [6.07, 6.45) is 1.12. The maximum Gasteiger partial charge on any atom is 0.189 e. The number of nitrogens with zero attached hydrogens (tertiary/aromatic N) is 1. The number of rotatable bonds is 5. The average Bonchev–Trinajstić information content (AvgIpc) is 2.45. The third kappa shape index (κ3) is 2.18. The minimum absolute atomic E-state index is 0.0921. The highest BCUT2D eigenvalue weighted by molar-refractivity contribution is 6.16. The monoisotopic (exact) mass is 255 g/mol. The summed E-state index contributed by atoms with van der Waals surface area (Å²) in [5.74, 6) is -0.536. The molecule has 0 aliphatic heterocycles. The van der Waals surface area contributed by atoms with Gasteiger partial charge in [-0.15, -0.1) is 0 Å². The Morgan fingerprint density at radius 2 is 1.68 bits per heavy atom. The van der Waals surface area contributed by atoms with E-state index in [2.05, 4.69) is 5.18 Å². The van der Waals surface area contributed by atoms with Crippen LogP contribution in [0.25, 0.3) is 10.8 Å². The Labute approximate surface area is 108 Å². The van der Waals surface area contributed by atoms with Crippen LogP contribution in [0.5, 0.6) is 0 Å². The van der Waals surface area contributed by atoms with Gasteiger partial charge in [0.15, 0.2) is 18.4 Å². The summed E-state index contributed by atoms with van der Waals surface area (Å²) in [5, 5.41) is 3.59. The zero-order valence-electron chi connectivity index (χ0n) is 9.83. The molecule has 0 spiro atoms. The molecular formula is C14H9NO4. The molecule has 2 rings (SSSR count). The minimum Gasteiger partial charge on any atom is -0.298 e. The van der Waals surface area contributed by atoms with E-state index < -0.39 is 12.3 Å². The maximum absolute atomic E-state index is 11.9. The van der Waals surface area contributed by atoms with Crippen molar-refractivity contribution in [1.82, 2.24) is 0 Å². The average molecular weight is 255 g/mol. The Morgan fingerprint density at radius 3 is 2.26 bits per heavy atom. The molecule has 0 N–H and O–H groups in total. The first-order chi connectivity index (χ1) is 9.22. The first kappa shape index (κ1) is 12.8. The van der Waals surface area contributed by atoms with E-state index in [-0.39, 0.29) is 11.1 Å². The van der Waals surface area contributed by atoms with Crippen LogP contribution in [0.2, 0.25) is 0 Å². The molecule has 2 aromatic rings. The van der Waals surface area contributed by atoms with Crippen molar-refractivity contribution >= 4 is 29.1 Å². The van der Waals surface area contributed by atoms with E-state index in [9.17, 15) is 19.3 Å². The highest BCUT2D eigenvalue weighted by atomic mass is 16.3. The molecule has 0 amide bonds. The summed E-state index contributed by atoms with van der Waals surface area (Å²) in [4.78, 5) is 44.2. The standard InChI is InChI=1S/C14H9NO4/c16-7-9-5-10(8-17)14(13(18)6-15-19)12-4-2-1-3-11(9)12/h1-5,7-8H,6H2. The summed E-state index contributed by atoms with van der Waals surface area (Å²) in [6.45, 7) is -0.536. The molecule has 5 nitrogen and oxygen atoms in total. The van der Waals surface area contributed by atoms with Gasteiger partial charge in [0.25, 0.3) is 0 Å². The lowest BCUT2D eigenvalue weighted by Gasteiger charge is -2.09. The molecular weight excluding hydrogens is 246 g/mol. The van der Waals surface area contributed by atoms with E-state index in [1.54, 1.807) is 24.3 Å². The van der Waals surface area contributed by atoms with Crippen molar-refractivity contribution in [2.75, 3.05) is 6.54 Å². The number of aldehydes is 2. The fourth-order valence-corrected chi connectivity index (χ4v) is 2.07. The highest BCUT2D eigenvalue weighted by Crippen LogP contribution is 2.25. The van der Waals surface area contributed by atoms with Gasteiger partial charge in [0.1, 0.15) is 6.54 Å². The van der Waals surface area contributed by atoms with Crippen molar-refractivity contribution in [2.45, 2.75) is 0 Å². The predicted molar refractivity (Wildman–Crippen MR) is 69.7 cm³/mol. The van der Waals surface area contributed by atoms with Crippen LogP contribution in [0.4, 0.5) is 0 Å². The zero-order chi connectivity index (χ0) is 13.8. The molecule has 0 saturated carbocycles. The molecule has 0 aliphatic carbocycles. The van der Waals surface area contributed by atoms with E-state index in [4.69, 9.17) is 0 Å². The van der Waals surface area contributed by atoms with Crippen LogP contribution in [0.1, 0.15) is 31.1 Å². The Kier molecular flexibility index (Phi) is 3.56. The van der Waals surface area contributed by atoms with E-state index in [0.29, 0.717) is 28.9 Å². The molecule has 0 aromatic heterocycles. The van der Waals surface area contributed by atoms with E-state index in [0.717, 1.165) is 0 Å². The van der Waals surface area contributed by atoms with Gasteiger partial charge in [0.2, 0.25) is 0 Å². The quantitative estimate of drug-likeness (QED) is 0.466. The molecule has 0 radical (unpaired) electrons. The van der Waals surface area contributed by atoms with E-state index in [1.165, 1.54) is 6.07 Å². The zero-order valence-corrected chi connectivity index (χ0v) is 9.83. The van der Waals surface area contributed by atoms with Crippen molar-refractivity contribution in [2.24, 2.45) is 5.18 Å². The normalized spacial score (nSPS) is 10.1. The van der Waals surface area contributed by atoms with Gasteiger partial charge in [0.05, 0.1) is 0 Å². The van der Waals surface area contributed by atoms with Gasteiger partial charge in [-0.2, -0.15) is 4.91 Å². The van der Waals surface area contributed by atoms with Crippen LogP contribution in [-0.2, 0) is 0 Å². The number of Topliss-reactive ketones (excluding diaryl/α,β-unsaturated/α-hetero) is 1. The fourth-order valence-electron chi connectivity index (χ4n) is 2.07. The van der Waals surface area contributed by atoms with Crippen LogP contribution in [0.3, 0.4) is 0 Å². The third-order valence-corrected chi connectivity index (χ3v) is 2.85. The number of carbonyl (C=O) groups excluding carboxylic acids is 3. The third-order valence-electron chi connectivity index (χ3n) is 2.85. The largest absolute Gasteiger partial charge is 0.298 e. The van der Waals surface area contributed by atoms with Crippen LogP contribution in [0, 0.1) is 4.91 Å². The van der Waals surface area contributed by atoms with Gasteiger partial charge in [-0.1, -0.05) is 29.4 Å². The first-order valence-corrected chi connectivity index (χ1v) is 5.51. The summed E-state index contributed by atoms with van der Waals surface area (Å²) in [7, 11) is 0. The van der Waals surface area contributed by atoms with Crippen molar-refractivity contribution < 1.29 is 14.4 Å². The first-order valence-electron chi connectivity index (χ1n) is 5.51. The molecule has 0 saturated heterocycles. The Morgan fingerprint density at radius 1 is 1.05 bits per heavy atom. The molecule has 0 heterocycles. The summed E-state index contributed by atoms with van der Waals surface area (Å²) in [5.41, 5.74) is 0.554. The van der Waals surface area contributed by atoms with Gasteiger partial charge in [-0.25, -0.2) is 0 Å². The molecule has 0 atom stereocenters. The second kappa shape index (κ2) is 5.30. The van der Waals surface area contributed by atoms with Crippen LogP contribution < -0.4 is 0 Å². The molecule has 0 fully saturated rings. The van der Waals surface area contributed by atoms with E-state index in [1.807, 2.05) is 0 Å². The van der Waals surface area contributed by atoms with Gasteiger partial charge in [0, 0.05) is 16.7 Å². The number of ketones is 1. The number of fused-ring (bicyclic) bond motifs is 1. The molecule has 0 aliphatic rings. The van der Waals surface area contributed by atoms with Gasteiger partial charge < -0.3 is 0 Å². The lowest BCUT2D eigenvalue weighted by molar-refractivity contribution is 0.0995. The van der Waals surface area contributed by atoms with Gasteiger partial charge in [-0.05, 0) is 16.8 Å². The molecule has 5 heteroatoms. The summed E-state index contributed by atoms with van der Waals surface area (Å²) >= 11 is 0. The van der Waals surface area contributed by atoms with Crippen LogP contribution in [0.15, 0.2) is 35.5 Å². The Balaban J connectivity index is 2.87. The second-order valence-corrected chi connectivity index (χ2v) is 3.92. The molecule has 0 unspecified atom stereocenters. The number of benzene rings is 2. The van der Waals surface area contributed by atoms with Gasteiger partial charge >= 0.3 is 0 Å². The topological polar surface area (TPSA) is 80.6 Å². The lowest BCUT2D eigenvalue weighted by Crippen LogP contribution is -2.08. The number of hydrogen-bond donors (Lipinski definition) is 0. The van der Waals surface area contributed by atoms with Gasteiger partial charge in [-0.3, -0.25) is 14.4 Å². The van der Waals surface area contributed by atoms with Crippen molar-refractivity contribution in [1.29, 1.82) is 0 Å². The Bertz CT molecular complexity index is 691. The highest BCUT2D eigenvalue weighted by Gasteiger charge is 2.17.